The summed E-state index contributed by atoms with van der Waals surface area (Å²) in [6.45, 7) is 7.55. The van der Waals surface area contributed by atoms with Crippen molar-refractivity contribution in [1.82, 2.24) is 4.98 Å². The highest BCUT2D eigenvalue weighted by atomic mass is 32.1. The summed E-state index contributed by atoms with van der Waals surface area (Å²) >= 11 is 1.43. The molecule has 0 saturated carbocycles. The summed E-state index contributed by atoms with van der Waals surface area (Å²) in [5.74, 6) is -0.0571. The van der Waals surface area contributed by atoms with Crippen molar-refractivity contribution in [3.8, 4) is 22.4 Å². The number of fused-ring (bicyclic) bond motifs is 1. The van der Waals surface area contributed by atoms with Crippen molar-refractivity contribution in [1.29, 1.82) is 5.26 Å². The molecule has 1 aromatic heterocycles. The van der Waals surface area contributed by atoms with E-state index < -0.39 is 12.3 Å². The molecule has 0 aliphatic carbocycles. The summed E-state index contributed by atoms with van der Waals surface area (Å²) < 4.78 is 22.2. The first-order valence-electron chi connectivity index (χ1n) is 9.07. The van der Waals surface area contributed by atoms with Crippen LogP contribution in [-0.4, -0.2) is 24.0 Å². The van der Waals surface area contributed by atoms with Gasteiger partial charge in [-0.1, -0.05) is 20.4 Å². The molecule has 0 saturated heterocycles. The average Bonchev–Trinajstić information content (AvgIpc) is 3.24. The van der Waals surface area contributed by atoms with Crippen molar-refractivity contribution < 1.29 is 12.3 Å². The second kappa shape index (κ2) is 7.18. The molecule has 0 atom stereocenters. The first-order valence-corrected chi connectivity index (χ1v) is 8.95. The summed E-state index contributed by atoms with van der Waals surface area (Å²) in [7, 11) is 0. The molecule has 0 bridgehead atoms. The number of nitrogens with zero attached hydrogens (tertiary/aromatic N) is 2. The summed E-state index contributed by atoms with van der Waals surface area (Å²) in [6.07, 6.45) is -1.81. The Hall–Kier alpha value is -2.85. The number of aromatic nitrogens is 1. The van der Waals surface area contributed by atoms with E-state index in [4.69, 9.17) is 13.2 Å². The summed E-state index contributed by atoms with van der Waals surface area (Å²) in [4.78, 5) is 15.9. The Labute approximate surface area is 159 Å². The normalized spacial score (nSPS) is 15.5. The SMILES string of the molecule is [2H]C1([2H])COc2c(-c3nc(C(C)C)cs3)cc(NCC(=C)C(N)=O)c(C#N)c21. The number of hydrogen-bond acceptors (Lipinski definition) is 6. The molecule has 1 amide bonds. The van der Waals surface area contributed by atoms with Gasteiger partial charge in [0.2, 0.25) is 5.91 Å². The first-order chi connectivity index (χ1) is 13.2. The summed E-state index contributed by atoms with van der Waals surface area (Å²) in [5.41, 5.74) is 7.63. The first kappa shape index (κ1) is 15.4. The Balaban J connectivity index is 2.16. The summed E-state index contributed by atoms with van der Waals surface area (Å²) in [6, 6.07) is 3.77. The lowest BCUT2D eigenvalue weighted by atomic mass is 9.99. The van der Waals surface area contributed by atoms with Crippen LogP contribution in [0.15, 0.2) is 23.6 Å². The lowest BCUT2D eigenvalue weighted by Crippen LogP contribution is -2.19. The van der Waals surface area contributed by atoms with Crippen LogP contribution in [0.25, 0.3) is 10.6 Å². The Morgan fingerprint density at radius 2 is 2.42 bits per heavy atom. The third kappa shape index (κ3) is 3.28. The van der Waals surface area contributed by atoms with Crippen molar-refractivity contribution in [3.05, 3.63) is 40.4 Å². The van der Waals surface area contributed by atoms with Gasteiger partial charge in [-0.25, -0.2) is 4.98 Å². The lowest BCUT2D eigenvalue weighted by molar-refractivity contribution is -0.114. The molecule has 1 aliphatic heterocycles. The molecule has 0 spiro atoms. The zero-order valence-corrected chi connectivity index (χ0v) is 15.4. The highest BCUT2D eigenvalue weighted by Crippen LogP contribution is 2.43. The number of nitrogens with two attached hydrogens (primary N) is 1. The lowest BCUT2D eigenvalue weighted by Gasteiger charge is -2.14. The Morgan fingerprint density at radius 3 is 3.04 bits per heavy atom. The van der Waals surface area contributed by atoms with E-state index in [-0.39, 0.29) is 35.8 Å². The number of carbonyl (C=O) groups excluding carboxylic acids is 1. The van der Waals surface area contributed by atoms with Crippen LogP contribution in [0.3, 0.4) is 0 Å². The standard InChI is InChI=1S/C19H20N4O2S/c1-10(2)16-9-26-19(23-16)13-6-15(22-8-11(3)18(21)24)14(7-20)12-4-5-25-17(12)13/h6,9-10,22H,3-5,8H2,1-2H3,(H2,21,24)/i4D2. The third-order valence-corrected chi connectivity index (χ3v) is 4.94. The van der Waals surface area contributed by atoms with Crippen molar-refractivity contribution in [2.24, 2.45) is 5.73 Å². The molecule has 0 unspecified atom stereocenters. The number of amides is 1. The van der Waals surface area contributed by atoms with E-state index in [0.29, 0.717) is 22.0 Å². The fraction of sp³-hybridized carbons (Fsp3) is 0.316. The highest BCUT2D eigenvalue weighted by molar-refractivity contribution is 7.13. The maximum Gasteiger partial charge on any atom is 0.245 e. The molecule has 2 aromatic rings. The van der Waals surface area contributed by atoms with E-state index in [1.54, 1.807) is 6.07 Å². The molecular weight excluding hydrogens is 348 g/mol. The minimum atomic E-state index is -1.81. The fourth-order valence-electron chi connectivity index (χ4n) is 2.54. The van der Waals surface area contributed by atoms with Crippen LogP contribution in [0.5, 0.6) is 5.75 Å². The second-order valence-corrected chi connectivity index (χ2v) is 7.04. The maximum absolute atomic E-state index is 11.2. The zero-order chi connectivity index (χ0) is 20.6. The number of anilines is 1. The molecular formula is C19H20N4O2S. The number of carbonyl (C=O) groups is 1. The fourth-order valence-corrected chi connectivity index (χ4v) is 3.54. The molecule has 1 aromatic carbocycles. The van der Waals surface area contributed by atoms with Gasteiger partial charge in [-0.15, -0.1) is 11.3 Å². The van der Waals surface area contributed by atoms with Gasteiger partial charge in [0.05, 0.1) is 29.1 Å². The number of benzene rings is 1. The molecule has 26 heavy (non-hydrogen) atoms. The van der Waals surface area contributed by atoms with Gasteiger partial charge in [-0.2, -0.15) is 5.26 Å². The van der Waals surface area contributed by atoms with E-state index in [1.807, 2.05) is 19.2 Å². The Bertz CT molecular complexity index is 1010. The third-order valence-electron chi connectivity index (χ3n) is 4.04. The van der Waals surface area contributed by atoms with Gasteiger partial charge in [-0.05, 0) is 12.0 Å². The van der Waals surface area contributed by atoms with Gasteiger partial charge in [0.1, 0.15) is 16.8 Å². The van der Waals surface area contributed by atoms with Gasteiger partial charge in [0.25, 0.3) is 0 Å². The van der Waals surface area contributed by atoms with Crippen molar-refractivity contribution >= 4 is 22.9 Å². The number of rotatable bonds is 6. The van der Waals surface area contributed by atoms with Crippen molar-refractivity contribution in [2.45, 2.75) is 26.1 Å². The summed E-state index contributed by atoms with van der Waals surface area (Å²) in [5, 5.41) is 15.3. The molecule has 3 rings (SSSR count). The molecule has 0 fully saturated rings. The van der Waals surface area contributed by atoms with Gasteiger partial charge in [0.15, 0.2) is 0 Å². The van der Waals surface area contributed by atoms with Gasteiger partial charge < -0.3 is 15.8 Å². The smallest absolute Gasteiger partial charge is 0.245 e. The molecule has 7 heteroatoms. The monoisotopic (exact) mass is 370 g/mol. The molecule has 6 nitrogen and oxygen atoms in total. The number of nitriles is 1. The van der Waals surface area contributed by atoms with E-state index in [1.165, 1.54) is 11.3 Å². The zero-order valence-electron chi connectivity index (χ0n) is 16.5. The molecule has 3 N–H and O–H groups in total. The van der Waals surface area contributed by atoms with Crippen molar-refractivity contribution in [2.75, 3.05) is 18.5 Å². The van der Waals surface area contributed by atoms with Crippen LogP contribution in [0.4, 0.5) is 5.69 Å². The van der Waals surface area contributed by atoms with Crippen LogP contribution in [0.1, 0.15) is 39.3 Å². The van der Waals surface area contributed by atoms with Crippen LogP contribution in [-0.2, 0) is 11.2 Å². The second-order valence-electron chi connectivity index (χ2n) is 6.18. The van der Waals surface area contributed by atoms with E-state index >= 15 is 0 Å². The Kier molecular flexibility index (Phi) is 4.25. The number of ether oxygens (including phenoxy) is 1. The highest BCUT2D eigenvalue weighted by Gasteiger charge is 2.26. The van der Waals surface area contributed by atoms with Gasteiger partial charge in [0, 0.05) is 32.2 Å². The Morgan fingerprint density at radius 1 is 1.65 bits per heavy atom. The molecule has 0 radical (unpaired) electrons. The number of primary amides is 1. The van der Waals surface area contributed by atoms with Gasteiger partial charge >= 0.3 is 0 Å². The maximum atomic E-state index is 11.2. The number of thiazole rings is 1. The predicted molar refractivity (Wildman–Crippen MR) is 102 cm³/mol. The quantitative estimate of drug-likeness (QED) is 0.761. The van der Waals surface area contributed by atoms with E-state index in [0.717, 1.165) is 5.69 Å². The molecule has 2 heterocycles. The molecule has 1 aliphatic rings. The minimum Gasteiger partial charge on any atom is -0.492 e. The van der Waals surface area contributed by atoms with Crippen LogP contribution >= 0.6 is 11.3 Å². The average molecular weight is 370 g/mol. The van der Waals surface area contributed by atoms with E-state index in [2.05, 4.69) is 22.9 Å². The molecule has 134 valence electrons. The van der Waals surface area contributed by atoms with Crippen LogP contribution in [0.2, 0.25) is 0 Å². The topological polar surface area (TPSA) is 101 Å². The number of nitrogens with one attached hydrogen (secondary N) is 1. The van der Waals surface area contributed by atoms with Crippen LogP contribution in [0, 0.1) is 11.3 Å². The van der Waals surface area contributed by atoms with Crippen LogP contribution < -0.4 is 15.8 Å². The van der Waals surface area contributed by atoms with Gasteiger partial charge in [-0.3, -0.25) is 4.79 Å². The van der Waals surface area contributed by atoms with Crippen molar-refractivity contribution in [3.63, 3.8) is 0 Å². The predicted octanol–water partition coefficient (Wildman–Crippen LogP) is 3.19. The van der Waals surface area contributed by atoms with E-state index in [9.17, 15) is 10.1 Å². The minimum absolute atomic E-state index is 0.0429. The number of hydrogen-bond donors (Lipinski definition) is 2. The largest absolute Gasteiger partial charge is 0.492 e.